The van der Waals surface area contributed by atoms with E-state index in [0.717, 1.165) is 6.42 Å². The Bertz CT molecular complexity index is 650. The van der Waals surface area contributed by atoms with Gasteiger partial charge in [0.15, 0.2) is 0 Å². The molecule has 0 aromatic heterocycles. The molecule has 1 aromatic carbocycles. The summed E-state index contributed by atoms with van der Waals surface area (Å²) in [6.07, 6.45) is 0.894. The molecule has 2 N–H and O–H groups in total. The van der Waals surface area contributed by atoms with Crippen molar-refractivity contribution in [2.75, 3.05) is 18.8 Å². The number of anilines is 1. The van der Waals surface area contributed by atoms with Crippen LogP contribution in [0.3, 0.4) is 0 Å². The third kappa shape index (κ3) is 3.20. The van der Waals surface area contributed by atoms with Crippen LogP contribution in [-0.4, -0.2) is 25.8 Å². The van der Waals surface area contributed by atoms with Crippen LogP contribution in [0.2, 0.25) is 5.02 Å². The molecule has 0 aliphatic carbocycles. The summed E-state index contributed by atoms with van der Waals surface area (Å²) in [5.74, 6) is 0.372. The van der Waals surface area contributed by atoms with Crippen LogP contribution in [0.15, 0.2) is 17.0 Å². The van der Waals surface area contributed by atoms with Crippen LogP contribution in [0, 0.1) is 18.3 Å². The fourth-order valence-electron chi connectivity index (χ4n) is 2.74. The summed E-state index contributed by atoms with van der Waals surface area (Å²) in [6.45, 7) is 9.33. The van der Waals surface area contributed by atoms with Gasteiger partial charge in [-0.25, -0.2) is 8.42 Å². The van der Waals surface area contributed by atoms with Gasteiger partial charge in [0.2, 0.25) is 10.0 Å². The highest BCUT2D eigenvalue weighted by atomic mass is 35.5. The summed E-state index contributed by atoms with van der Waals surface area (Å²) in [5, 5.41) is 0.389. The van der Waals surface area contributed by atoms with Gasteiger partial charge in [0.1, 0.15) is 0 Å². The molecule has 0 spiro atoms. The summed E-state index contributed by atoms with van der Waals surface area (Å²) < 4.78 is 27.2. The van der Waals surface area contributed by atoms with Gasteiger partial charge in [0, 0.05) is 13.1 Å². The van der Waals surface area contributed by atoms with E-state index in [0.29, 0.717) is 35.3 Å². The average Bonchev–Trinajstić information content (AvgIpc) is 2.83. The minimum absolute atomic E-state index is 0.109. The molecule has 4 nitrogen and oxygen atoms in total. The summed E-state index contributed by atoms with van der Waals surface area (Å²) in [5.41, 5.74) is 6.81. The topological polar surface area (TPSA) is 63.4 Å². The second kappa shape index (κ2) is 5.45. The Balaban J connectivity index is 2.34. The number of hydrogen-bond acceptors (Lipinski definition) is 3. The largest absolute Gasteiger partial charge is 0.397 e. The van der Waals surface area contributed by atoms with Crippen LogP contribution in [0.4, 0.5) is 5.69 Å². The Kier molecular flexibility index (Phi) is 4.30. The second-order valence-electron chi connectivity index (χ2n) is 6.85. The third-order valence-electron chi connectivity index (χ3n) is 4.29. The normalized spacial score (nSPS) is 20.9. The summed E-state index contributed by atoms with van der Waals surface area (Å²) in [7, 11) is -3.51. The number of aryl methyl sites for hydroxylation is 1. The van der Waals surface area contributed by atoms with Crippen molar-refractivity contribution in [3.63, 3.8) is 0 Å². The number of halogens is 1. The number of hydrogen-bond donors (Lipinski definition) is 1. The summed E-state index contributed by atoms with van der Waals surface area (Å²) in [4.78, 5) is 0.263. The highest BCUT2D eigenvalue weighted by Gasteiger charge is 2.38. The van der Waals surface area contributed by atoms with Gasteiger partial charge in [0.05, 0.1) is 15.6 Å². The third-order valence-corrected chi connectivity index (χ3v) is 6.62. The van der Waals surface area contributed by atoms with Gasteiger partial charge in [-0.1, -0.05) is 32.4 Å². The molecule has 21 heavy (non-hydrogen) atoms. The predicted octanol–water partition coefficient (Wildman–Crippen LogP) is 3.29. The molecule has 1 unspecified atom stereocenters. The minimum atomic E-state index is -3.51. The van der Waals surface area contributed by atoms with Gasteiger partial charge < -0.3 is 5.73 Å². The van der Waals surface area contributed by atoms with Crippen molar-refractivity contribution in [2.45, 2.75) is 39.0 Å². The van der Waals surface area contributed by atoms with Gasteiger partial charge in [-0.2, -0.15) is 4.31 Å². The van der Waals surface area contributed by atoms with Crippen LogP contribution < -0.4 is 5.73 Å². The van der Waals surface area contributed by atoms with Gasteiger partial charge >= 0.3 is 0 Å². The van der Waals surface area contributed by atoms with E-state index in [9.17, 15) is 8.42 Å². The number of sulfonamides is 1. The molecule has 1 atom stereocenters. The maximum absolute atomic E-state index is 12.8. The number of nitrogens with zero attached hydrogens (tertiary/aromatic N) is 1. The summed E-state index contributed by atoms with van der Waals surface area (Å²) in [6, 6.07) is 3.08. The number of rotatable bonds is 2. The lowest BCUT2D eigenvalue weighted by Gasteiger charge is -2.27. The molecule has 118 valence electrons. The molecule has 6 heteroatoms. The highest BCUT2D eigenvalue weighted by molar-refractivity contribution is 7.89. The van der Waals surface area contributed by atoms with Gasteiger partial charge in [-0.15, -0.1) is 0 Å². The molecular weight excluding hydrogens is 308 g/mol. The Morgan fingerprint density at radius 2 is 1.95 bits per heavy atom. The first-order valence-corrected chi connectivity index (χ1v) is 8.91. The molecule has 1 aliphatic heterocycles. The van der Waals surface area contributed by atoms with Crippen LogP contribution in [-0.2, 0) is 10.0 Å². The van der Waals surface area contributed by atoms with Gasteiger partial charge in [-0.05, 0) is 42.4 Å². The van der Waals surface area contributed by atoms with E-state index in [1.54, 1.807) is 17.3 Å². The van der Waals surface area contributed by atoms with Crippen molar-refractivity contribution in [2.24, 2.45) is 11.3 Å². The Morgan fingerprint density at radius 3 is 2.48 bits per heavy atom. The van der Waals surface area contributed by atoms with E-state index in [4.69, 9.17) is 17.3 Å². The highest BCUT2D eigenvalue weighted by Crippen LogP contribution is 2.37. The maximum Gasteiger partial charge on any atom is 0.243 e. The van der Waals surface area contributed by atoms with Crippen molar-refractivity contribution in [1.29, 1.82) is 0 Å². The van der Waals surface area contributed by atoms with E-state index in [1.165, 1.54) is 6.07 Å². The van der Waals surface area contributed by atoms with E-state index in [2.05, 4.69) is 20.8 Å². The molecule has 1 saturated heterocycles. The van der Waals surface area contributed by atoms with E-state index in [1.807, 2.05) is 0 Å². The molecule has 1 fully saturated rings. The van der Waals surface area contributed by atoms with Crippen LogP contribution in [0.5, 0.6) is 0 Å². The zero-order valence-corrected chi connectivity index (χ0v) is 14.6. The van der Waals surface area contributed by atoms with Gasteiger partial charge in [-0.3, -0.25) is 0 Å². The van der Waals surface area contributed by atoms with Crippen molar-refractivity contribution < 1.29 is 8.42 Å². The number of nitrogen functional groups attached to an aromatic ring is 1. The van der Waals surface area contributed by atoms with Crippen molar-refractivity contribution in [1.82, 2.24) is 4.31 Å². The first-order valence-electron chi connectivity index (χ1n) is 7.09. The lowest BCUT2D eigenvalue weighted by atomic mass is 9.80. The van der Waals surface area contributed by atoms with Crippen molar-refractivity contribution >= 4 is 27.3 Å². The minimum Gasteiger partial charge on any atom is -0.397 e. The average molecular weight is 331 g/mol. The zero-order valence-electron chi connectivity index (χ0n) is 13.0. The molecule has 0 saturated carbocycles. The molecule has 0 amide bonds. The lowest BCUT2D eigenvalue weighted by molar-refractivity contribution is 0.252. The predicted molar refractivity (Wildman–Crippen MR) is 86.9 cm³/mol. The van der Waals surface area contributed by atoms with E-state index < -0.39 is 10.0 Å². The van der Waals surface area contributed by atoms with Gasteiger partial charge in [0.25, 0.3) is 0 Å². The number of benzene rings is 1. The smallest absolute Gasteiger partial charge is 0.243 e. The second-order valence-corrected chi connectivity index (χ2v) is 9.17. The molecule has 1 aliphatic rings. The molecular formula is C15H23ClN2O2S. The Labute approximate surface area is 132 Å². The van der Waals surface area contributed by atoms with Crippen LogP contribution in [0.25, 0.3) is 0 Å². The zero-order chi connectivity index (χ0) is 16.0. The molecule has 0 bridgehead atoms. The van der Waals surface area contributed by atoms with E-state index >= 15 is 0 Å². The SMILES string of the molecule is Cc1cc(Cl)c(N)cc1S(=O)(=O)N1CCC(C(C)(C)C)C1. The first kappa shape index (κ1) is 16.6. The quantitative estimate of drug-likeness (QED) is 0.846. The Hall–Kier alpha value is -0.780. The first-order chi connectivity index (χ1) is 9.53. The molecule has 2 rings (SSSR count). The summed E-state index contributed by atoms with van der Waals surface area (Å²) >= 11 is 5.95. The number of nitrogens with two attached hydrogens (primary N) is 1. The van der Waals surface area contributed by atoms with Crippen molar-refractivity contribution in [3.05, 3.63) is 22.7 Å². The fraction of sp³-hybridized carbons (Fsp3) is 0.600. The molecule has 0 radical (unpaired) electrons. The van der Waals surface area contributed by atoms with Crippen LogP contribution >= 0.6 is 11.6 Å². The monoisotopic (exact) mass is 330 g/mol. The Morgan fingerprint density at radius 1 is 1.33 bits per heavy atom. The fourth-order valence-corrected chi connectivity index (χ4v) is 4.70. The molecule has 1 heterocycles. The maximum atomic E-state index is 12.8. The van der Waals surface area contributed by atoms with Crippen molar-refractivity contribution in [3.8, 4) is 0 Å². The van der Waals surface area contributed by atoms with Crippen LogP contribution in [0.1, 0.15) is 32.8 Å². The van der Waals surface area contributed by atoms with E-state index in [-0.39, 0.29) is 10.3 Å². The molecule has 1 aromatic rings. The standard InChI is InChI=1S/C15H23ClN2O2S/c1-10-7-12(16)13(17)8-14(10)21(19,20)18-6-5-11(9-18)15(2,3)4/h7-8,11H,5-6,9,17H2,1-4H3. The lowest BCUT2D eigenvalue weighted by Crippen LogP contribution is -2.31.